The first-order valence-electron chi connectivity index (χ1n) is 6.74. The van der Waals surface area contributed by atoms with Crippen molar-refractivity contribution in [2.75, 3.05) is 31.1 Å². The minimum atomic E-state index is -0.267. The van der Waals surface area contributed by atoms with Crippen molar-refractivity contribution in [3.63, 3.8) is 0 Å². The van der Waals surface area contributed by atoms with E-state index in [1.165, 1.54) is 6.07 Å². The summed E-state index contributed by atoms with van der Waals surface area (Å²) >= 11 is 0. The summed E-state index contributed by atoms with van der Waals surface area (Å²) in [5, 5.41) is 0. The van der Waals surface area contributed by atoms with E-state index in [4.69, 9.17) is 0 Å². The van der Waals surface area contributed by atoms with Crippen molar-refractivity contribution in [3.05, 3.63) is 52.7 Å². The zero-order valence-electron chi connectivity index (χ0n) is 11.4. The lowest BCUT2D eigenvalue weighted by Crippen LogP contribution is -2.49. The number of pyridine rings is 1. The van der Waals surface area contributed by atoms with Gasteiger partial charge in [-0.25, -0.2) is 9.97 Å². The molecule has 3 rings (SSSR count). The van der Waals surface area contributed by atoms with Crippen LogP contribution < -0.4 is 10.5 Å². The molecule has 2 aromatic heterocycles. The van der Waals surface area contributed by atoms with Gasteiger partial charge in [0, 0.05) is 44.6 Å². The molecular weight excluding hydrogens is 270 g/mol. The average Bonchev–Trinajstić information content (AvgIpc) is 2.55. The highest BCUT2D eigenvalue weighted by Gasteiger charge is 2.23. The third kappa shape index (κ3) is 2.91. The fraction of sp³-hybridized carbons (Fsp3) is 0.286. The zero-order chi connectivity index (χ0) is 14.7. The van der Waals surface area contributed by atoms with Crippen LogP contribution in [0.1, 0.15) is 10.5 Å². The number of piperazine rings is 1. The Morgan fingerprint density at radius 3 is 2.43 bits per heavy atom. The number of nitrogens with one attached hydrogen (secondary N) is 1. The minimum Gasteiger partial charge on any atom is -0.337 e. The Labute approximate surface area is 121 Å². The average molecular weight is 285 g/mol. The molecule has 1 fully saturated rings. The van der Waals surface area contributed by atoms with Gasteiger partial charge in [0.25, 0.3) is 5.91 Å². The van der Waals surface area contributed by atoms with Crippen LogP contribution in [0.2, 0.25) is 0 Å². The van der Waals surface area contributed by atoms with Crippen molar-refractivity contribution in [1.82, 2.24) is 19.9 Å². The van der Waals surface area contributed by atoms with Crippen molar-refractivity contribution in [3.8, 4) is 0 Å². The van der Waals surface area contributed by atoms with E-state index >= 15 is 0 Å². The number of nitrogens with zero attached hydrogens (tertiary/aromatic N) is 4. The van der Waals surface area contributed by atoms with Crippen molar-refractivity contribution >= 4 is 11.9 Å². The lowest BCUT2D eigenvalue weighted by atomic mass is 10.2. The van der Waals surface area contributed by atoms with E-state index < -0.39 is 0 Å². The summed E-state index contributed by atoms with van der Waals surface area (Å²) in [4.78, 5) is 38.3. The topological polar surface area (TPSA) is 82.2 Å². The van der Waals surface area contributed by atoms with Gasteiger partial charge in [-0.05, 0) is 12.1 Å². The molecule has 0 aromatic carbocycles. The third-order valence-corrected chi connectivity index (χ3v) is 3.40. The molecule has 0 spiro atoms. The summed E-state index contributed by atoms with van der Waals surface area (Å²) in [6.07, 6.45) is 3.41. The molecule has 7 heteroatoms. The second kappa shape index (κ2) is 5.74. The highest BCUT2D eigenvalue weighted by Crippen LogP contribution is 2.11. The maximum absolute atomic E-state index is 12.3. The Bertz CT molecular complexity index is 677. The third-order valence-electron chi connectivity index (χ3n) is 3.40. The van der Waals surface area contributed by atoms with Crippen LogP contribution in [-0.2, 0) is 0 Å². The van der Waals surface area contributed by atoms with Gasteiger partial charge in [0.15, 0.2) is 0 Å². The van der Waals surface area contributed by atoms with Crippen LogP contribution in [0.5, 0.6) is 0 Å². The normalized spacial score (nSPS) is 15.0. The molecule has 7 nitrogen and oxygen atoms in total. The van der Waals surface area contributed by atoms with Gasteiger partial charge >= 0.3 is 0 Å². The van der Waals surface area contributed by atoms with Gasteiger partial charge in [0.2, 0.25) is 11.5 Å². The summed E-state index contributed by atoms with van der Waals surface area (Å²) < 4.78 is 0. The standard InChI is InChI=1S/C14H15N5O2/c20-12-4-1-3-11(17-12)13(21)18-7-9-19(10-8-18)14-15-5-2-6-16-14/h1-6H,7-10H2,(H,17,20). The van der Waals surface area contributed by atoms with Crippen molar-refractivity contribution in [2.45, 2.75) is 0 Å². The molecule has 3 heterocycles. The molecule has 21 heavy (non-hydrogen) atoms. The van der Waals surface area contributed by atoms with Crippen LogP contribution in [0.15, 0.2) is 41.5 Å². The van der Waals surface area contributed by atoms with E-state index in [1.54, 1.807) is 35.5 Å². The summed E-state index contributed by atoms with van der Waals surface area (Å²) in [5.74, 6) is 0.527. The Morgan fingerprint density at radius 1 is 1.05 bits per heavy atom. The molecule has 0 atom stereocenters. The van der Waals surface area contributed by atoms with Gasteiger partial charge in [-0.3, -0.25) is 9.59 Å². The van der Waals surface area contributed by atoms with E-state index in [1.807, 2.05) is 4.90 Å². The van der Waals surface area contributed by atoms with E-state index in [0.717, 1.165) is 0 Å². The number of carbonyl (C=O) groups excluding carboxylic acids is 1. The molecule has 1 amide bonds. The molecule has 0 saturated carbocycles. The van der Waals surface area contributed by atoms with Gasteiger partial charge in [0.1, 0.15) is 5.69 Å². The molecule has 108 valence electrons. The maximum atomic E-state index is 12.3. The van der Waals surface area contributed by atoms with E-state index in [-0.39, 0.29) is 11.5 Å². The van der Waals surface area contributed by atoms with Crippen LogP contribution in [-0.4, -0.2) is 51.9 Å². The van der Waals surface area contributed by atoms with Crippen LogP contribution in [0.25, 0.3) is 0 Å². The largest absolute Gasteiger partial charge is 0.337 e. The fourth-order valence-electron chi connectivity index (χ4n) is 2.31. The zero-order valence-corrected chi connectivity index (χ0v) is 11.4. The SMILES string of the molecule is O=C(c1cccc(=O)[nH]1)N1CCN(c2ncccn2)CC1. The van der Waals surface area contributed by atoms with Gasteiger partial charge < -0.3 is 14.8 Å². The number of H-pyrrole nitrogens is 1. The van der Waals surface area contributed by atoms with Crippen LogP contribution in [0, 0.1) is 0 Å². The van der Waals surface area contributed by atoms with E-state index in [9.17, 15) is 9.59 Å². The Hall–Kier alpha value is -2.70. The first-order valence-corrected chi connectivity index (χ1v) is 6.74. The molecule has 0 aliphatic carbocycles. The van der Waals surface area contributed by atoms with Crippen LogP contribution in [0.3, 0.4) is 0 Å². The number of aromatic amines is 1. The summed E-state index contributed by atoms with van der Waals surface area (Å²) in [5.41, 5.74) is 0.0593. The highest BCUT2D eigenvalue weighted by molar-refractivity contribution is 5.92. The molecule has 1 saturated heterocycles. The number of aromatic nitrogens is 3. The number of hydrogen-bond donors (Lipinski definition) is 1. The number of hydrogen-bond acceptors (Lipinski definition) is 5. The Kier molecular flexibility index (Phi) is 3.63. The van der Waals surface area contributed by atoms with Crippen LogP contribution >= 0.6 is 0 Å². The highest BCUT2D eigenvalue weighted by atomic mass is 16.2. The lowest BCUT2D eigenvalue weighted by Gasteiger charge is -2.34. The second-order valence-electron chi connectivity index (χ2n) is 4.76. The summed E-state index contributed by atoms with van der Waals surface area (Å²) in [7, 11) is 0. The molecule has 1 aliphatic rings. The molecule has 1 aliphatic heterocycles. The molecule has 0 radical (unpaired) electrons. The van der Waals surface area contributed by atoms with Gasteiger partial charge in [0.05, 0.1) is 0 Å². The monoisotopic (exact) mass is 285 g/mol. The summed E-state index contributed by atoms with van der Waals surface area (Å²) in [6.45, 7) is 2.50. The molecule has 0 unspecified atom stereocenters. The van der Waals surface area contributed by atoms with Crippen molar-refractivity contribution in [2.24, 2.45) is 0 Å². The first-order chi connectivity index (χ1) is 10.2. The smallest absolute Gasteiger partial charge is 0.270 e. The number of amides is 1. The maximum Gasteiger partial charge on any atom is 0.270 e. The number of rotatable bonds is 2. The number of anilines is 1. The van der Waals surface area contributed by atoms with Gasteiger partial charge in [-0.15, -0.1) is 0 Å². The molecule has 1 N–H and O–H groups in total. The molecule has 0 bridgehead atoms. The van der Waals surface area contributed by atoms with E-state index in [2.05, 4.69) is 15.0 Å². The Balaban J connectivity index is 1.66. The Morgan fingerprint density at radius 2 is 1.76 bits per heavy atom. The van der Waals surface area contributed by atoms with Crippen LogP contribution in [0.4, 0.5) is 5.95 Å². The van der Waals surface area contributed by atoms with Gasteiger partial charge in [-0.2, -0.15) is 0 Å². The van der Waals surface area contributed by atoms with Crippen molar-refractivity contribution in [1.29, 1.82) is 0 Å². The first kappa shape index (κ1) is 13.3. The fourth-order valence-corrected chi connectivity index (χ4v) is 2.31. The van der Waals surface area contributed by atoms with Gasteiger partial charge in [-0.1, -0.05) is 6.07 Å². The van der Waals surface area contributed by atoms with E-state index in [0.29, 0.717) is 37.8 Å². The molecule has 2 aromatic rings. The predicted octanol–water partition coefficient (Wildman–Crippen LogP) is 0.127. The quantitative estimate of drug-likeness (QED) is 0.848. The number of carbonyl (C=O) groups is 1. The minimum absolute atomic E-state index is 0.152. The summed E-state index contributed by atoms with van der Waals surface area (Å²) in [6, 6.07) is 6.37. The molecular formula is C14H15N5O2. The lowest BCUT2D eigenvalue weighted by molar-refractivity contribution is 0.0740. The predicted molar refractivity (Wildman–Crippen MR) is 77.2 cm³/mol. The van der Waals surface area contributed by atoms with Crippen molar-refractivity contribution < 1.29 is 4.79 Å². The second-order valence-corrected chi connectivity index (χ2v) is 4.76.